The standard InChI is InChI=1S/C11H12BrClN2O2S2/c1-10(15,9-7(13)4-8(12)18-9)6-19(16,17)11(5-14)2-3-11/h4H,2-3,6,15H2,1H3/t10-/m0/s1. The maximum atomic E-state index is 12.3. The maximum Gasteiger partial charge on any atom is 0.171 e. The van der Waals surface area contributed by atoms with Crippen molar-refractivity contribution in [1.82, 2.24) is 0 Å². The number of hydrogen-bond donors (Lipinski definition) is 1. The number of sulfone groups is 1. The molecule has 104 valence electrons. The summed E-state index contributed by atoms with van der Waals surface area (Å²) < 4.78 is 24.2. The Hall–Kier alpha value is -0.130. The highest BCUT2D eigenvalue weighted by atomic mass is 79.9. The predicted molar refractivity (Wildman–Crippen MR) is 79.9 cm³/mol. The molecule has 0 radical (unpaired) electrons. The lowest BCUT2D eigenvalue weighted by atomic mass is 10.1. The number of nitriles is 1. The lowest BCUT2D eigenvalue weighted by Gasteiger charge is -2.25. The highest BCUT2D eigenvalue weighted by Crippen LogP contribution is 2.46. The summed E-state index contributed by atoms with van der Waals surface area (Å²) in [5.41, 5.74) is 5.04. The topological polar surface area (TPSA) is 84.0 Å². The van der Waals surface area contributed by atoms with Crippen LogP contribution in [0.3, 0.4) is 0 Å². The molecule has 1 aromatic heterocycles. The Kier molecular flexibility index (Phi) is 3.78. The monoisotopic (exact) mass is 382 g/mol. The summed E-state index contributed by atoms with van der Waals surface area (Å²) in [5.74, 6) is -0.278. The summed E-state index contributed by atoms with van der Waals surface area (Å²) in [6.07, 6.45) is 0.785. The van der Waals surface area contributed by atoms with Crippen LogP contribution in [-0.4, -0.2) is 18.9 Å². The predicted octanol–water partition coefficient (Wildman–Crippen LogP) is 2.81. The highest BCUT2D eigenvalue weighted by Gasteiger charge is 2.56. The van der Waals surface area contributed by atoms with Crippen molar-refractivity contribution in [2.24, 2.45) is 5.73 Å². The minimum absolute atomic E-state index is 0.278. The summed E-state index contributed by atoms with van der Waals surface area (Å²) in [5, 5.41) is 9.46. The zero-order valence-electron chi connectivity index (χ0n) is 10.1. The third-order valence-corrected chi connectivity index (χ3v) is 8.17. The quantitative estimate of drug-likeness (QED) is 0.866. The second kappa shape index (κ2) is 4.71. The lowest BCUT2D eigenvalue weighted by Crippen LogP contribution is -2.43. The van der Waals surface area contributed by atoms with Crippen molar-refractivity contribution in [3.8, 4) is 6.07 Å². The fourth-order valence-electron chi connectivity index (χ4n) is 1.93. The van der Waals surface area contributed by atoms with Crippen molar-refractivity contribution in [1.29, 1.82) is 5.26 Å². The van der Waals surface area contributed by atoms with Crippen LogP contribution >= 0.6 is 38.9 Å². The molecule has 2 rings (SSSR count). The number of halogens is 2. The summed E-state index contributed by atoms with van der Waals surface area (Å²) in [6.45, 7) is 1.63. The molecule has 1 saturated carbocycles. The Bertz CT molecular complexity index is 657. The first-order chi connectivity index (χ1) is 8.63. The van der Waals surface area contributed by atoms with Crippen LogP contribution in [0.25, 0.3) is 0 Å². The summed E-state index contributed by atoms with van der Waals surface area (Å²) in [7, 11) is -3.57. The molecule has 1 heterocycles. The SMILES string of the molecule is C[C@](N)(CS(=O)(=O)C1(C#N)CC1)c1sc(Br)cc1Cl. The molecule has 0 aliphatic heterocycles. The molecule has 0 saturated heterocycles. The third-order valence-electron chi connectivity index (χ3n) is 3.17. The van der Waals surface area contributed by atoms with E-state index in [-0.39, 0.29) is 5.75 Å². The van der Waals surface area contributed by atoms with Gasteiger partial charge in [-0.2, -0.15) is 5.26 Å². The molecule has 0 amide bonds. The van der Waals surface area contributed by atoms with Crippen LogP contribution in [0.15, 0.2) is 9.85 Å². The van der Waals surface area contributed by atoms with Crippen LogP contribution in [-0.2, 0) is 15.4 Å². The van der Waals surface area contributed by atoms with Crippen LogP contribution < -0.4 is 5.73 Å². The average molecular weight is 384 g/mol. The molecule has 4 nitrogen and oxygen atoms in total. The zero-order chi connectivity index (χ0) is 14.5. The second-order valence-electron chi connectivity index (χ2n) is 5.01. The van der Waals surface area contributed by atoms with E-state index in [1.54, 1.807) is 13.0 Å². The van der Waals surface area contributed by atoms with Gasteiger partial charge >= 0.3 is 0 Å². The molecule has 1 fully saturated rings. The van der Waals surface area contributed by atoms with E-state index in [0.717, 1.165) is 3.79 Å². The molecule has 1 aromatic rings. The van der Waals surface area contributed by atoms with Crippen molar-refractivity contribution < 1.29 is 8.42 Å². The molecule has 0 spiro atoms. The van der Waals surface area contributed by atoms with Crippen LogP contribution in [0, 0.1) is 11.3 Å². The van der Waals surface area contributed by atoms with Crippen LogP contribution in [0.4, 0.5) is 0 Å². The molecule has 1 aliphatic rings. The number of nitrogens with two attached hydrogens (primary N) is 1. The Morgan fingerprint density at radius 3 is 2.63 bits per heavy atom. The first-order valence-electron chi connectivity index (χ1n) is 5.51. The van der Waals surface area contributed by atoms with Gasteiger partial charge in [-0.15, -0.1) is 11.3 Å². The second-order valence-corrected chi connectivity index (χ2v) is 10.1. The lowest BCUT2D eigenvalue weighted by molar-refractivity contribution is 0.531. The maximum absolute atomic E-state index is 12.3. The van der Waals surface area contributed by atoms with E-state index in [2.05, 4.69) is 15.9 Å². The molecule has 19 heavy (non-hydrogen) atoms. The fraction of sp³-hybridized carbons (Fsp3) is 0.545. The van der Waals surface area contributed by atoms with Crippen LogP contribution in [0.2, 0.25) is 5.02 Å². The van der Waals surface area contributed by atoms with Crippen molar-refractivity contribution in [3.05, 3.63) is 19.8 Å². The van der Waals surface area contributed by atoms with Crippen LogP contribution in [0.1, 0.15) is 24.6 Å². The van der Waals surface area contributed by atoms with Gasteiger partial charge < -0.3 is 5.73 Å². The van der Waals surface area contributed by atoms with E-state index < -0.39 is 20.1 Å². The Labute approximate surface area is 129 Å². The molecular weight excluding hydrogens is 372 g/mol. The third kappa shape index (κ3) is 2.69. The fourth-order valence-corrected chi connectivity index (χ4v) is 6.28. The van der Waals surface area contributed by atoms with Crippen LogP contribution in [0.5, 0.6) is 0 Å². The van der Waals surface area contributed by atoms with Crippen molar-refractivity contribution >= 4 is 48.7 Å². The molecule has 2 N–H and O–H groups in total. The van der Waals surface area contributed by atoms with Gasteiger partial charge in [0.25, 0.3) is 0 Å². The molecule has 0 aromatic carbocycles. The van der Waals surface area contributed by atoms with Gasteiger partial charge in [0.15, 0.2) is 14.6 Å². The first-order valence-corrected chi connectivity index (χ1v) is 9.15. The number of hydrogen-bond acceptors (Lipinski definition) is 5. The van der Waals surface area contributed by atoms with Gasteiger partial charge in [0.1, 0.15) is 0 Å². The Balaban J connectivity index is 2.33. The van der Waals surface area contributed by atoms with Crippen molar-refractivity contribution in [2.45, 2.75) is 30.1 Å². The van der Waals surface area contributed by atoms with Gasteiger partial charge in [0.05, 0.1) is 26.2 Å². The van der Waals surface area contributed by atoms with Gasteiger partial charge in [0, 0.05) is 4.88 Å². The minimum atomic E-state index is -3.57. The summed E-state index contributed by atoms with van der Waals surface area (Å²) in [6, 6.07) is 3.60. The summed E-state index contributed by atoms with van der Waals surface area (Å²) in [4.78, 5) is 0.610. The Morgan fingerprint density at radius 1 is 1.68 bits per heavy atom. The smallest absolute Gasteiger partial charge is 0.171 e. The number of rotatable bonds is 4. The number of nitrogens with zero attached hydrogens (tertiary/aromatic N) is 1. The van der Waals surface area contributed by atoms with Crippen molar-refractivity contribution in [3.63, 3.8) is 0 Å². The normalized spacial score (nSPS) is 20.6. The average Bonchev–Trinajstić information content (AvgIpc) is 2.99. The minimum Gasteiger partial charge on any atom is -0.320 e. The van der Waals surface area contributed by atoms with Gasteiger partial charge in [-0.3, -0.25) is 0 Å². The van der Waals surface area contributed by atoms with E-state index in [9.17, 15) is 8.42 Å². The molecular formula is C11H12BrClN2O2S2. The first kappa shape index (κ1) is 15.3. The number of thiophene rings is 1. The molecule has 8 heteroatoms. The van der Waals surface area contributed by atoms with E-state index in [1.807, 2.05) is 6.07 Å². The summed E-state index contributed by atoms with van der Waals surface area (Å²) >= 11 is 10.7. The molecule has 0 unspecified atom stereocenters. The van der Waals surface area contributed by atoms with Gasteiger partial charge in [-0.05, 0) is 41.8 Å². The van der Waals surface area contributed by atoms with Crippen molar-refractivity contribution in [2.75, 3.05) is 5.75 Å². The van der Waals surface area contributed by atoms with Gasteiger partial charge in [-0.25, -0.2) is 8.42 Å². The highest BCUT2D eigenvalue weighted by molar-refractivity contribution is 9.11. The van der Waals surface area contributed by atoms with Gasteiger partial charge in [-0.1, -0.05) is 11.6 Å². The largest absolute Gasteiger partial charge is 0.320 e. The molecule has 1 aliphatic carbocycles. The van der Waals surface area contributed by atoms with E-state index in [0.29, 0.717) is 22.7 Å². The molecule has 1 atom stereocenters. The van der Waals surface area contributed by atoms with E-state index in [4.69, 9.17) is 22.6 Å². The zero-order valence-corrected chi connectivity index (χ0v) is 14.1. The Morgan fingerprint density at radius 2 is 2.26 bits per heavy atom. The molecule has 0 bridgehead atoms. The van der Waals surface area contributed by atoms with E-state index >= 15 is 0 Å². The van der Waals surface area contributed by atoms with E-state index in [1.165, 1.54) is 11.3 Å². The van der Waals surface area contributed by atoms with Gasteiger partial charge in [0.2, 0.25) is 0 Å².